The third-order valence-corrected chi connectivity index (χ3v) is 3.66. The van der Waals surface area contributed by atoms with Gasteiger partial charge in [-0.25, -0.2) is 0 Å². The molecule has 1 fully saturated rings. The minimum Gasteiger partial charge on any atom is -0.349 e. The Labute approximate surface area is 99.1 Å². The number of hydrogen-bond acceptors (Lipinski definition) is 5. The molecule has 0 bridgehead atoms. The predicted molar refractivity (Wildman–Crippen MR) is 63.7 cm³/mol. The topological polar surface area (TPSA) is 49.3 Å². The Bertz CT molecular complexity index is 390. The Morgan fingerprint density at radius 2 is 2.25 bits per heavy atom. The first kappa shape index (κ1) is 11.3. The molecule has 1 aliphatic rings. The standard InChI is InChI=1S/C10H16N4OS/c1-7-11-12-10(16-7)14-5-4-8(6-14)9(15)13(2)3/h8H,4-6H2,1-3H3. The van der Waals surface area contributed by atoms with Gasteiger partial charge in [-0.1, -0.05) is 11.3 Å². The van der Waals surface area contributed by atoms with Crippen molar-refractivity contribution in [2.75, 3.05) is 32.1 Å². The second-order valence-corrected chi connectivity index (χ2v) is 5.43. The van der Waals surface area contributed by atoms with Crippen LogP contribution in [0.25, 0.3) is 0 Å². The third kappa shape index (κ3) is 2.16. The molecule has 6 heteroatoms. The molecule has 1 aliphatic heterocycles. The molecule has 16 heavy (non-hydrogen) atoms. The Morgan fingerprint density at radius 1 is 1.50 bits per heavy atom. The Morgan fingerprint density at radius 3 is 2.81 bits per heavy atom. The van der Waals surface area contributed by atoms with Crippen LogP contribution in [0.4, 0.5) is 5.13 Å². The monoisotopic (exact) mass is 240 g/mol. The zero-order chi connectivity index (χ0) is 11.7. The first-order valence-corrected chi connectivity index (χ1v) is 6.16. The summed E-state index contributed by atoms with van der Waals surface area (Å²) in [6.07, 6.45) is 0.912. The molecule has 1 saturated heterocycles. The van der Waals surface area contributed by atoms with Gasteiger partial charge in [0.2, 0.25) is 11.0 Å². The van der Waals surface area contributed by atoms with E-state index in [1.807, 2.05) is 6.92 Å². The van der Waals surface area contributed by atoms with Gasteiger partial charge in [0.1, 0.15) is 5.01 Å². The summed E-state index contributed by atoms with van der Waals surface area (Å²) in [7, 11) is 3.61. The van der Waals surface area contributed by atoms with Crippen LogP contribution in [0.3, 0.4) is 0 Å². The van der Waals surface area contributed by atoms with Crippen LogP contribution >= 0.6 is 11.3 Å². The lowest BCUT2D eigenvalue weighted by Gasteiger charge is -2.17. The van der Waals surface area contributed by atoms with E-state index in [0.717, 1.165) is 29.6 Å². The quantitative estimate of drug-likeness (QED) is 0.766. The fourth-order valence-electron chi connectivity index (χ4n) is 1.91. The highest BCUT2D eigenvalue weighted by Crippen LogP contribution is 2.26. The second-order valence-electron chi connectivity index (χ2n) is 4.27. The van der Waals surface area contributed by atoms with Crippen LogP contribution in [-0.4, -0.2) is 48.2 Å². The molecule has 1 aromatic rings. The molecule has 1 unspecified atom stereocenters. The van der Waals surface area contributed by atoms with Gasteiger partial charge in [0, 0.05) is 27.2 Å². The normalized spacial score (nSPS) is 20.2. The summed E-state index contributed by atoms with van der Waals surface area (Å²) in [6, 6.07) is 0. The summed E-state index contributed by atoms with van der Waals surface area (Å²) in [6.45, 7) is 3.62. The van der Waals surface area contributed by atoms with E-state index in [0.29, 0.717) is 0 Å². The van der Waals surface area contributed by atoms with Gasteiger partial charge in [-0.2, -0.15) is 0 Å². The molecule has 1 amide bonds. The largest absolute Gasteiger partial charge is 0.349 e. The van der Waals surface area contributed by atoms with E-state index in [1.54, 1.807) is 30.3 Å². The molecule has 0 aliphatic carbocycles. The van der Waals surface area contributed by atoms with Crippen LogP contribution in [0.1, 0.15) is 11.4 Å². The maximum Gasteiger partial charge on any atom is 0.227 e. The van der Waals surface area contributed by atoms with E-state index in [4.69, 9.17) is 0 Å². The Hall–Kier alpha value is -1.17. The van der Waals surface area contributed by atoms with Crippen molar-refractivity contribution in [2.24, 2.45) is 5.92 Å². The van der Waals surface area contributed by atoms with Crippen molar-refractivity contribution < 1.29 is 4.79 Å². The fraction of sp³-hybridized carbons (Fsp3) is 0.700. The molecule has 0 spiro atoms. The molecule has 0 saturated carbocycles. The molecular weight excluding hydrogens is 224 g/mol. The summed E-state index contributed by atoms with van der Waals surface area (Å²) in [5.41, 5.74) is 0. The van der Waals surface area contributed by atoms with Crippen LogP contribution in [0.2, 0.25) is 0 Å². The van der Waals surface area contributed by atoms with Gasteiger partial charge in [-0.05, 0) is 13.3 Å². The molecule has 88 valence electrons. The Kier molecular flexibility index (Phi) is 3.09. The molecule has 0 aromatic carbocycles. The zero-order valence-electron chi connectivity index (χ0n) is 9.80. The van der Waals surface area contributed by atoms with Crippen LogP contribution in [0.15, 0.2) is 0 Å². The zero-order valence-corrected chi connectivity index (χ0v) is 10.6. The van der Waals surface area contributed by atoms with Gasteiger partial charge < -0.3 is 9.80 Å². The lowest BCUT2D eigenvalue weighted by atomic mass is 10.1. The van der Waals surface area contributed by atoms with E-state index in [9.17, 15) is 4.79 Å². The lowest BCUT2D eigenvalue weighted by molar-refractivity contribution is -0.132. The van der Waals surface area contributed by atoms with E-state index >= 15 is 0 Å². The van der Waals surface area contributed by atoms with Gasteiger partial charge >= 0.3 is 0 Å². The minimum atomic E-state index is 0.110. The first-order valence-electron chi connectivity index (χ1n) is 5.34. The number of hydrogen-bond donors (Lipinski definition) is 0. The highest BCUT2D eigenvalue weighted by molar-refractivity contribution is 7.15. The van der Waals surface area contributed by atoms with Gasteiger partial charge in [0.15, 0.2) is 0 Å². The van der Waals surface area contributed by atoms with Crippen LogP contribution in [-0.2, 0) is 4.79 Å². The maximum atomic E-state index is 11.8. The fourth-order valence-corrected chi connectivity index (χ4v) is 2.64. The molecule has 5 nitrogen and oxygen atoms in total. The summed E-state index contributed by atoms with van der Waals surface area (Å²) in [4.78, 5) is 15.6. The maximum absolute atomic E-state index is 11.8. The summed E-state index contributed by atoms with van der Waals surface area (Å²) >= 11 is 1.59. The van der Waals surface area contributed by atoms with Crippen molar-refractivity contribution in [2.45, 2.75) is 13.3 Å². The summed E-state index contributed by atoms with van der Waals surface area (Å²) in [5.74, 6) is 0.322. The number of amides is 1. The van der Waals surface area contributed by atoms with Crippen LogP contribution < -0.4 is 4.90 Å². The number of anilines is 1. The molecular formula is C10H16N4OS. The third-order valence-electron chi connectivity index (χ3n) is 2.76. The van der Waals surface area contributed by atoms with Crippen molar-refractivity contribution in [1.29, 1.82) is 0 Å². The second kappa shape index (κ2) is 4.37. The van der Waals surface area contributed by atoms with Crippen molar-refractivity contribution >= 4 is 22.4 Å². The van der Waals surface area contributed by atoms with Crippen LogP contribution in [0, 0.1) is 12.8 Å². The van der Waals surface area contributed by atoms with Crippen molar-refractivity contribution in [3.63, 3.8) is 0 Å². The molecule has 0 radical (unpaired) electrons. The Balaban J connectivity index is 2.01. The average molecular weight is 240 g/mol. The van der Waals surface area contributed by atoms with Gasteiger partial charge in [0.05, 0.1) is 5.92 Å². The smallest absolute Gasteiger partial charge is 0.227 e. The van der Waals surface area contributed by atoms with E-state index in [1.165, 1.54) is 0 Å². The highest BCUT2D eigenvalue weighted by Gasteiger charge is 2.30. The number of carbonyl (C=O) groups excluding carboxylic acids is 1. The number of nitrogens with zero attached hydrogens (tertiary/aromatic N) is 4. The van der Waals surface area contributed by atoms with Gasteiger partial charge in [-0.3, -0.25) is 4.79 Å². The summed E-state index contributed by atoms with van der Waals surface area (Å²) < 4.78 is 0. The molecule has 1 atom stereocenters. The molecule has 1 aromatic heterocycles. The van der Waals surface area contributed by atoms with Gasteiger partial charge in [-0.15, -0.1) is 10.2 Å². The highest BCUT2D eigenvalue weighted by atomic mass is 32.1. The number of rotatable bonds is 2. The van der Waals surface area contributed by atoms with Crippen molar-refractivity contribution in [1.82, 2.24) is 15.1 Å². The minimum absolute atomic E-state index is 0.110. The lowest BCUT2D eigenvalue weighted by Crippen LogP contribution is -2.31. The van der Waals surface area contributed by atoms with Crippen molar-refractivity contribution in [3.05, 3.63) is 5.01 Å². The summed E-state index contributed by atoms with van der Waals surface area (Å²) in [5, 5.41) is 10.0. The molecule has 0 N–H and O–H groups in total. The van der Waals surface area contributed by atoms with Crippen molar-refractivity contribution in [3.8, 4) is 0 Å². The van der Waals surface area contributed by atoms with Crippen LogP contribution in [0.5, 0.6) is 0 Å². The average Bonchev–Trinajstić information content (AvgIpc) is 2.84. The van der Waals surface area contributed by atoms with E-state index < -0.39 is 0 Å². The van der Waals surface area contributed by atoms with E-state index in [-0.39, 0.29) is 11.8 Å². The molecule has 2 rings (SSSR count). The SMILES string of the molecule is Cc1nnc(N2CCC(C(=O)N(C)C)C2)s1. The predicted octanol–water partition coefficient (Wildman–Crippen LogP) is 0.761. The first-order chi connectivity index (χ1) is 7.58. The number of aryl methyl sites for hydroxylation is 1. The van der Waals surface area contributed by atoms with E-state index in [2.05, 4.69) is 15.1 Å². The number of carbonyl (C=O) groups is 1. The molecule has 2 heterocycles. The number of aromatic nitrogens is 2. The van der Waals surface area contributed by atoms with Gasteiger partial charge in [0.25, 0.3) is 0 Å².